The van der Waals surface area contributed by atoms with Crippen molar-refractivity contribution < 1.29 is 4.92 Å². The van der Waals surface area contributed by atoms with E-state index in [1.165, 1.54) is 11.5 Å². The average molecular weight is 306 g/mol. The Kier molecular flexibility index (Phi) is 2.87. The van der Waals surface area contributed by atoms with Crippen LogP contribution in [0.5, 0.6) is 0 Å². The summed E-state index contributed by atoms with van der Waals surface area (Å²) in [6.07, 6.45) is 0. The highest BCUT2D eigenvalue weighted by molar-refractivity contribution is 7.21. The van der Waals surface area contributed by atoms with Gasteiger partial charge in [0.05, 0.1) is 15.1 Å². The van der Waals surface area contributed by atoms with Gasteiger partial charge in [0, 0.05) is 17.7 Å². The highest BCUT2D eigenvalue weighted by Gasteiger charge is 2.11. The van der Waals surface area contributed by atoms with Crippen LogP contribution < -0.4 is 0 Å². The van der Waals surface area contributed by atoms with Gasteiger partial charge in [-0.25, -0.2) is 4.98 Å². The minimum atomic E-state index is -0.384. The maximum absolute atomic E-state index is 10.9. The third-order valence-electron chi connectivity index (χ3n) is 3.56. The standard InChI is InChI=1S/C17H10N2O2S/c20-19(21)14-7-3-6-13(8-14)17-18-15-9-11-4-1-2-5-12(11)10-16(15)22-17/h1-10H. The molecule has 0 N–H and O–H groups in total. The van der Waals surface area contributed by atoms with E-state index in [2.05, 4.69) is 29.2 Å². The molecule has 0 saturated carbocycles. The number of hydrogen-bond acceptors (Lipinski definition) is 4. The van der Waals surface area contributed by atoms with Crippen molar-refractivity contribution in [1.82, 2.24) is 4.98 Å². The molecule has 0 saturated heterocycles. The molecule has 4 nitrogen and oxygen atoms in total. The number of aromatic nitrogens is 1. The lowest BCUT2D eigenvalue weighted by Gasteiger charge is -1.95. The fourth-order valence-corrected chi connectivity index (χ4v) is 3.48. The van der Waals surface area contributed by atoms with E-state index < -0.39 is 0 Å². The smallest absolute Gasteiger partial charge is 0.258 e. The van der Waals surface area contributed by atoms with Gasteiger partial charge in [-0.1, -0.05) is 36.4 Å². The predicted octanol–water partition coefficient (Wildman–Crippen LogP) is 5.02. The second-order valence-corrected chi connectivity index (χ2v) is 6.02. The number of rotatable bonds is 2. The maximum Gasteiger partial charge on any atom is 0.270 e. The van der Waals surface area contributed by atoms with Crippen LogP contribution in [0, 0.1) is 10.1 Å². The number of nitrogens with zero attached hydrogens (tertiary/aromatic N) is 2. The first-order valence-corrected chi connectivity index (χ1v) is 7.56. The third-order valence-corrected chi connectivity index (χ3v) is 4.63. The normalized spacial score (nSPS) is 11.1. The molecule has 1 heterocycles. The van der Waals surface area contributed by atoms with Crippen molar-refractivity contribution in [2.75, 3.05) is 0 Å². The largest absolute Gasteiger partial charge is 0.270 e. The Morgan fingerprint density at radius 2 is 1.73 bits per heavy atom. The molecule has 4 rings (SSSR count). The molecule has 0 atom stereocenters. The number of hydrogen-bond donors (Lipinski definition) is 0. The topological polar surface area (TPSA) is 56.0 Å². The summed E-state index contributed by atoms with van der Waals surface area (Å²) in [6, 6.07) is 18.9. The van der Waals surface area contributed by atoms with Crippen molar-refractivity contribution in [2.24, 2.45) is 0 Å². The van der Waals surface area contributed by atoms with Gasteiger partial charge in [-0.05, 0) is 22.9 Å². The molecule has 0 unspecified atom stereocenters. The minimum Gasteiger partial charge on any atom is -0.258 e. The van der Waals surface area contributed by atoms with E-state index in [4.69, 9.17) is 0 Å². The fourth-order valence-electron chi connectivity index (χ4n) is 2.49. The predicted molar refractivity (Wildman–Crippen MR) is 89.2 cm³/mol. The molecule has 0 aliphatic carbocycles. The summed E-state index contributed by atoms with van der Waals surface area (Å²) >= 11 is 1.55. The number of non-ortho nitro benzene ring substituents is 1. The van der Waals surface area contributed by atoms with E-state index in [-0.39, 0.29) is 10.6 Å². The van der Waals surface area contributed by atoms with Gasteiger partial charge in [0.25, 0.3) is 5.69 Å². The monoisotopic (exact) mass is 306 g/mol. The molecule has 1 aromatic heterocycles. The van der Waals surface area contributed by atoms with E-state index in [1.807, 2.05) is 18.2 Å². The molecule has 22 heavy (non-hydrogen) atoms. The number of thiazole rings is 1. The fraction of sp³-hybridized carbons (Fsp3) is 0. The Bertz CT molecular complexity index is 971. The van der Waals surface area contributed by atoms with Crippen LogP contribution in [0.1, 0.15) is 0 Å². The Morgan fingerprint density at radius 3 is 2.50 bits per heavy atom. The van der Waals surface area contributed by atoms with Crippen molar-refractivity contribution in [3.63, 3.8) is 0 Å². The summed E-state index contributed by atoms with van der Waals surface area (Å²) < 4.78 is 1.08. The van der Waals surface area contributed by atoms with Crippen molar-refractivity contribution in [3.05, 3.63) is 70.8 Å². The van der Waals surface area contributed by atoms with Gasteiger partial charge in [-0.15, -0.1) is 11.3 Å². The van der Waals surface area contributed by atoms with E-state index in [0.29, 0.717) is 0 Å². The van der Waals surface area contributed by atoms with E-state index in [0.717, 1.165) is 26.2 Å². The van der Waals surface area contributed by atoms with Crippen molar-refractivity contribution in [3.8, 4) is 10.6 Å². The van der Waals surface area contributed by atoms with Crippen LogP contribution in [-0.4, -0.2) is 9.91 Å². The average Bonchev–Trinajstić information content (AvgIpc) is 2.95. The highest BCUT2D eigenvalue weighted by atomic mass is 32.1. The van der Waals surface area contributed by atoms with Crippen LogP contribution in [0.4, 0.5) is 5.69 Å². The molecule has 0 radical (unpaired) electrons. The number of benzene rings is 3. The Morgan fingerprint density at radius 1 is 0.955 bits per heavy atom. The summed E-state index contributed by atoms with van der Waals surface area (Å²) in [5.74, 6) is 0. The molecule has 3 aromatic carbocycles. The van der Waals surface area contributed by atoms with Crippen LogP contribution in [0.3, 0.4) is 0 Å². The first-order chi connectivity index (χ1) is 10.7. The summed E-state index contributed by atoms with van der Waals surface area (Å²) in [5.41, 5.74) is 1.78. The summed E-state index contributed by atoms with van der Waals surface area (Å²) in [6.45, 7) is 0. The molecular weight excluding hydrogens is 296 g/mol. The molecule has 4 aromatic rings. The summed E-state index contributed by atoms with van der Waals surface area (Å²) in [5, 5.41) is 14.0. The van der Waals surface area contributed by atoms with Crippen molar-refractivity contribution >= 4 is 38.0 Å². The Hall–Kier alpha value is -2.79. The lowest BCUT2D eigenvalue weighted by Crippen LogP contribution is -1.87. The van der Waals surface area contributed by atoms with Crippen LogP contribution in [0.25, 0.3) is 31.6 Å². The zero-order valence-corrected chi connectivity index (χ0v) is 12.2. The van der Waals surface area contributed by atoms with Gasteiger partial charge >= 0.3 is 0 Å². The van der Waals surface area contributed by atoms with Crippen LogP contribution in [0.15, 0.2) is 60.7 Å². The second kappa shape index (κ2) is 4.89. The molecule has 5 heteroatoms. The molecule has 0 amide bonds. The number of nitro groups is 1. The molecule has 0 aliphatic rings. The summed E-state index contributed by atoms with van der Waals surface area (Å²) in [4.78, 5) is 15.1. The molecule has 0 spiro atoms. The lowest BCUT2D eigenvalue weighted by atomic mass is 10.1. The summed E-state index contributed by atoms with van der Waals surface area (Å²) in [7, 11) is 0. The lowest BCUT2D eigenvalue weighted by molar-refractivity contribution is -0.384. The quantitative estimate of drug-likeness (QED) is 0.386. The Balaban J connectivity index is 1.90. The van der Waals surface area contributed by atoms with E-state index >= 15 is 0 Å². The van der Waals surface area contributed by atoms with Gasteiger partial charge < -0.3 is 0 Å². The SMILES string of the molecule is O=[N+]([O-])c1cccc(-c2nc3cc4ccccc4cc3s2)c1. The number of nitro benzene ring substituents is 1. The van der Waals surface area contributed by atoms with Gasteiger partial charge in [0.2, 0.25) is 0 Å². The van der Waals surface area contributed by atoms with Gasteiger partial charge in [-0.2, -0.15) is 0 Å². The highest BCUT2D eigenvalue weighted by Crippen LogP contribution is 2.33. The second-order valence-electron chi connectivity index (χ2n) is 4.99. The molecular formula is C17H10N2O2S. The first kappa shape index (κ1) is 12.9. The van der Waals surface area contributed by atoms with Gasteiger partial charge in [-0.3, -0.25) is 10.1 Å². The van der Waals surface area contributed by atoms with Crippen LogP contribution in [-0.2, 0) is 0 Å². The van der Waals surface area contributed by atoms with Crippen LogP contribution >= 0.6 is 11.3 Å². The zero-order valence-electron chi connectivity index (χ0n) is 11.4. The molecule has 0 fully saturated rings. The van der Waals surface area contributed by atoms with Crippen molar-refractivity contribution in [1.29, 1.82) is 0 Å². The third kappa shape index (κ3) is 2.12. The van der Waals surface area contributed by atoms with E-state index in [1.54, 1.807) is 23.5 Å². The van der Waals surface area contributed by atoms with Gasteiger partial charge in [0.15, 0.2) is 0 Å². The van der Waals surface area contributed by atoms with Crippen molar-refractivity contribution in [2.45, 2.75) is 0 Å². The zero-order chi connectivity index (χ0) is 15.1. The molecule has 106 valence electrons. The van der Waals surface area contributed by atoms with Gasteiger partial charge in [0.1, 0.15) is 5.01 Å². The first-order valence-electron chi connectivity index (χ1n) is 6.75. The molecule has 0 aliphatic heterocycles. The molecule has 0 bridgehead atoms. The number of fused-ring (bicyclic) bond motifs is 2. The van der Waals surface area contributed by atoms with Crippen LogP contribution in [0.2, 0.25) is 0 Å². The maximum atomic E-state index is 10.9. The van der Waals surface area contributed by atoms with E-state index in [9.17, 15) is 10.1 Å². The Labute approximate surface area is 129 Å². The minimum absolute atomic E-state index is 0.0851.